The van der Waals surface area contributed by atoms with Gasteiger partial charge in [-0.15, -0.1) is 0 Å². The molecule has 0 aliphatic carbocycles. The van der Waals surface area contributed by atoms with Gasteiger partial charge in [0, 0.05) is 3.57 Å². The zero-order valence-corrected chi connectivity index (χ0v) is 17.9. The van der Waals surface area contributed by atoms with E-state index in [2.05, 4.69) is 33.1 Å². The molecule has 0 saturated carbocycles. The number of halogens is 1. The molecule has 0 aliphatic rings. The Kier molecular flexibility index (Phi) is 8.26. The molecular formula is C22H23IN2O2. The molecule has 140 valence electrons. The van der Waals surface area contributed by atoms with Crippen molar-refractivity contribution in [3.63, 3.8) is 0 Å². The van der Waals surface area contributed by atoms with Crippen LogP contribution in [0.2, 0.25) is 0 Å². The molecule has 0 saturated heterocycles. The minimum Gasteiger partial charge on any atom is -0.483 e. The number of hydrazone groups is 1. The summed E-state index contributed by atoms with van der Waals surface area (Å²) in [4.78, 5) is 11.9. The van der Waals surface area contributed by atoms with Gasteiger partial charge < -0.3 is 4.74 Å². The maximum atomic E-state index is 11.9. The van der Waals surface area contributed by atoms with E-state index in [1.54, 1.807) is 0 Å². The summed E-state index contributed by atoms with van der Waals surface area (Å²) in [5, 5.41) is 4.06. The van der Waals surface area contributed by atoms with Crippen LogP contribution in [0.4, 0.5) is 0 Å². The van der Waals surface area contributed by atoms with E-state index in [9.17, 15) is 4.79 Å². The van der Waals surface area contributed by atoms with Crippen LogP contribution in [0, 0.1) is 17.4 Å². The molecular weight excluding hydrogens is 451 g/mol. The van der Waals surface area contributed by atoms with Gasteiger partial charge in [-0.25, -0.2) is 5.43 Å². The number of hydrogen-bond acceptors (Lipinski definition) is 3. The predicted octanol–water partition coefficient (Wildman–Crippen LogP) is 5.05. The zero-order chi connectivity index (χ0) is 19.6. The van der Waals surface area contributed by atoms with E-state index in [0.717, 1.165) is 26.0 Å². The van der Waals surface area contributed by atoms with Gasteiger partial charge in [0.15, 0.2) is 6.61 Å². The molecule has 2 aromatic carbocycles. The van der Waals surface area contributed by atoms with Crippen molar-refractivity contribution in [3.05, 3.63) is 81.0 Å². The van der Waals surface area contributed by atoms with E-state index >= 15 is 0 Å². The lowest BCUT2D eigenvalue weighted by Gasteiger charge is -2.11. The van der Waals surface area contributed by atoms with Crippen LogP contribution >= 0.6 is 22.6 Å². The Morgan fingerprint density at radius 3 is 2.48 bits per heavy atom. The van der Waals surface area contributed by atoms with Gasteiger partial charge in [0.25, 0.3) is 5.91 Å². The van der Waals surface area contributed by atoms with Crippen LogP contribution in [0.5, 0.6) is 5.75 Å². The molecule has 1 amide bonds. The first kappa shape index (κ1) is 20.9. The molecule has 2 aromatic rings. The molecule has 0 spiro atoms. The summed E-state index contributed by atoms with van der Waals surface area (Å²) in [7, 11) is 0. The van der Waals surface area contributed by atoms with Crippen molar-refractivity contribution >= 4 is 40.3 Å². The quantitative estimate of drug-likeness (QED) is 0.264. The van der Waals surface area contributed by atoms with Gasteiger partial charge in [-0.3, -0.25) is 4.79 Å². The first-order valence-electron chi connectivity index (χ1n) is 8.58. The smallest absolute Gasteiger partial charge is 0.277 e. The average Bonchev–Trinajstić information content (AvgIpc) is 2.63. The first-order valence-corrected chi connectivity index (χ1v) is 9.66. The van der Waals surface area contributed by atoms with Gasteiger partial charge in [0.2, 0.25) is 0 Å². The monoisotopic (exact) mass is 474 g/mol. The molecule has 1 N–H and O–H groups in total. The lowest BCUT2D eigenvalue weighted by molar-refractivity contribution is -0.123. The summed E-state index contributed by atoms with van der Waals surface area (Å²) >= 11 is 2.26. The van der Waals surface area contributed by atoms with Crippen molar-refractivity contribution in [2.24, 2.45) is 5.10 Å². The molecule has 0 aromatic heterocycles. The summed E-state index contributed by atoms with van der Waals surface area (Å²) in [5.74, 6) is 0.456. The minimum absolute atomic E-state index is 0.0727. The standard InChI is InChI=1S/C22H23IN2O2/c1-16-13-20(23)14-17(2)22(16)27-15-21(26)25-24-18(3)9-7-8-12-19-10-5-4-6-11-19/h4-14H,15H2,1-3H3,(H,25,26)/b9-7+,12-8+,24-18-. The second-order valence-electron chi connectivity index (χ2n) is 6.07. The molecule has 0 unspecified atom stereocenters. The van der Waals surface area contributed by atoms with Gasteiger partial charge in [-0.2, -0.15) is 5.10 Å². The fourth-order valence-corrected chi connectivity index (χ4v) is 3.34. The number of nitrogens with one attached hydrogen (secondary N) is 1. The second-order valence-corrected chi connectivity index (χ2v) is 7.32. The first-order chi connectivity index (χ1) is 13.0. The largest absolute Gasteiger partial charge is 0.483 e. The summed E-state index contributed by atoms with van der Waals surface area (Å²) in [6.45, 7) is 5.69. The van der Waals surface area contributed by atoms with E-state index < -0.39 is 0 Å². The summed E-state index contributed by atoms with van der Waals surface area (Å²) in [5.41, 5.74) is 6.36. The molecule has 0 bridgehead atoms. The third-order valence-corrected chi connectivity index (χ3v) is 4.29. The van der Waals surface area contributed by atoms with Crippen molar-refractivity contribution in [1.82, 2.24) is 5.43 Å². The number of nitrogens with zero attached hydrogens (tertiary/aromatic N) is 1. The Morgan fingerprint density at radius 1 is 1.15 bits per heavy atom. The number of hydrogen-bond donors (Lipinski definition) is 1. The lowest BCUT2D eigenvalue weighted by atomic mass is 10.1. The van der Waals surface area contributed by atoms with Crippen LogP contribution in [0.25, 0.3) is 6.08 Å². The average molecular weight is 474 g/mol. The highest BCUT2D eigenvalue weighted by Crippen LogP contribution is 2.25. The van der Waals surface area contributed by atoms with Crippen LogP contribution in [0.1, 0.15) is 23.6 Å². The van der Waals surface area contributed by atoms with Crippen LogP contribution in [0.3, 0.4) is 0 Å². The van der Waals surface area contributed by atoms with Gasteiger partial charge in [-0.05, 0) is 78.3 Å². The number of rotatable bonds is 7. The summed E-state index contributed by atoms with van der Waals surface area (Å²) in [6, 6.07) is 14.1. The summed E-state index contributed by atoms with van der Waals surface area (Å²) < 4.78 is 6.80. The van der Waals surface area contributed by atoms with E-state index in [-0.39, 0.29) is 12.5 Å². The Labute approximate surface area is 174 Å². The predicted molar refractivity (Wildman–Crippen MR) is 120 cm³/mol. The normalized spacial score (nSPS) is 11.9. The van der Waals surface area contributed by atoms with Crippen molar-refractivity contribution in [2.45, 2.75) is 20.8 Å². The van der Waals surface area contributed by atoms with Crippen LogP contribution < -0.4 is 10.2 Å². The van der Waals surface area contributed by atoms with Gasteiger partial charge in [0.05, 0.1) is 5.71 Å². The lowest BCUT2D eigenvalue weighted by Crippen LogP contribution is -2.25. The Hall–Kier alpha value is -2.41. The topological polar surface area (TPSA) is 50.7 Å². The van der Waals surface area contributed by atoms with E-state index in [0.29, 0.717) is 5.71 Å². The Bertz CT molecular complexity index is 848. The maximum Gasteiger partial charge on any atom is 0.277 e. The number of carbonyl (C=O) groups is 1. The van der Waals surface area contributed by atoms with Gasteiger partial charge in [0.1, 0.15) is 5.75 Å². The number of allylic oxidation sites excluding steroid dienone is 3. The number of carbonyl (C=O) groups excluding carboxylic acids is 1. The molecule has 27 heavy (non-hydrogen) atoms. The molecule has 4 nitrogen and oxygen atoms in total. The van der Waals surface area contributed by atoms with E-state index in [1.807, 2.05) is 87.5 Å². The fourth-order valence-electron chi connectivity index (χ4n) is 2.41. The van der Waals surface area contributed by atoms with Crippen molar-refractivity contribution in [3.8, 4) is 5.75 Å². The van der Waals surface area contributed by atoms with Crippen LogP contribution in [-0.2, 0) is 4.79 Å². The number of benzene rings is 2. The fraction of sp³-hybridized carbons (Fsp3) is 0.182. The Balaban J connectivity index is 1.81. The molecule has 0 aliphatic heterocycles. The SMILES string of the molecule is CC(/C=C/C=C/c1ccccc1)=N/NC(=O)COc1c(C)cc(I)cc1C. The second kappa shape index (κ2) is 10.7. The highest BCUT2D eigenvalue weighted by Gasteiger charge is 2.08. The van der Waals surface area contributed by atoms with Crippen molar-refractivity contribution < 1.29 is 9.53 Å². The van der Waals surface area contributed by atoms with Crippen LogP contribution in [0.15, 0.2) is 65.8 Å². The third-order valence-electron chi connectivity index (χ3n) is 3.67. The highest BCUT2D eigenvalue weighted by atomic mass is 127. The zero-order valence-electron chi connectivity index (χ0n) is 15.7. The number of aryl methyl sites for hydroxylation is 2. The summed E-state index contributed by atoms with van der Waals surface area (Å²) in [6.07, 6.45) is 7.64. The van der Waals surface area contributed by atoms with E-state index in [1.165, 1.54) is 0 Å². The third kappa shape index (κ3) is 7.38. The number of amides is 1. The van der Waals surface area contributed by atoms with Crippen molar-refractivity contribution in [2.75, 3.05) is 6.61 Å². The molecule has 0 radical (unpaired) electrons. The molecule has 0 heterocycles. The van der Waals surface area contributed by atoms with Gasteiger partial charge in [-0.1, -0.05) is 48.6 Å². The number of ether oxygens (including phenoxy) is 1. The van der Waals surface area contributed by atoms with E-state index in [4.69, 9.17) is 4.74 Å². The maximum absolute atomic E-state index is 11.9. The minimum atomic E-state index is -0.292. The highest BCUT2D eigenvalue weighted by molar-refractivity contribution is 14.1. The molecule has 5 heteroatoms. The van der Waals surface area contributed by atoms with Gasteiger partial charge >= 0.3 is 0 Å². The van der Waals surface area contributed by atoms with Crippen LogP contribution in [-0.4, -0.2) is 18.2 Å². The molecule has 2 rings (SSSR count). The molecule has 0 fully saturated rings. The Morgan fingerprint density at radius 2 is 1.81 bits per heavy atom. The molecule has 0 atom stereocenters. The van der Waals surface area contributed by atoms with Crippen molar-refractivity contribution in [1.29, 1.82) is 0 Å².